The molecule has 2 nitrogen and oxygen atoms in total. The highest BCUT2D eigenvalue weighted by Crippen LogP contribution is 2.38. The second-order valence-electron chi connectivity index (χ2n) is 6.51. The number of benzene rings is 3. The first-order valence-electron chi connectivity index (χ1n) is 8.51. The molecule has 3 aromatic rings. The van der Waals surface area contributed by atoms with Crippen LogP contribution in [0, 0.1) is 6.92 Å². The zero-order valence-electron chi connectivity index (χ0n) is 14.5. The summed E-state index contributed by atoms with van der Waals surface area (Å²) in [6.45, 7) is 4.31. The minimum Gasteiger partial charge on any atom is -0.478 e. The first-order valence-corrected chi connectivity index (χ1v) is 8.51. The number of carbonyl (C=O) groups is 1. The van der Waals surface area contributed by atoms with Crippen molar-refractivity contribution in [3.63, 3.8) is 0 Å². The van der Waals surface area contributed by atoms with Gasteiger partial charge in [0.15, 0.2) is 0 Å². The van der Waals surface area contributed by atoms with Gasteiger partial charge in [-0.3, -0.25) is 0 Å². The van der Waals surface area contributed by atoms with Crippen LogP contribution in [0.4, 0.5) is 0 Å². The molecule has 3 rings (SSSR count). The van der Waals surface area contributed by atoms with Crippen molar-refractivity contribution in [1.82, 2.24) is 0 Å². The monoisotopic (exact) mass is 330 g/mol. The molecule has 0 radical (unpaired) electrons. The lowest BCUT2D eigenvalue weighted by atomic mass is 9.78. The first kappa shape index (κ1) is 17.0. The molecule has 0 aliphatic rings. The average Bonchev–Trinajstić information content (AvgIpc) is 2.64. The van der Waals surface area contributed by atoms with Crippen LogP contribution in [0.25, 0.3) is 0 Å². The van der Waals surface area contributed by atoms with Crippen molar-refractivity contribution >= 4 is 5.97 Å². The van der Waals surface area contributed by atoms with Crippen molar-refractivity contribution in [3.8, 4) is 0 Å². The van der Waals surface area contributed by atoms with Crippen molar-refractivity contribution in [1.29, 1.82) is 0 Å². The summed E-state index contributed by atoms with van der Waals surface area (Å²) in [6.07, 6.45) is 0. The van der Waals surface area contributed by atoms with Crippen molar-refractivity contribution in [2.45, 2.75) is 25.7 Å². The molecule has 2 unspecified atom stereocenters. The normalized spacial score (nSPS) is 13.2. The maximum Gasteiger partial charge on any atom is 0.335 e. The zero-order valence-corrected chi connectivity index (χ0v) is 14.5. The van der Waals surface area contributed by atoms with Gasteiger partial charge in [-0.1, -0.05) is 79.2 Å². The van der Waals surface area contributed by atoms with Crippen LogP contribution in [0.15, 0.2) is 78.9 Å². The first-order chi connectivity index (χ1) is 12.1. The second-order valence-corrected chi connectivity index (χ2v) is 6.51. The minimum absolute atomic E-state index is 0.172. The Morgan fingerprint density at radius 1 is 0.760 bits per heavy atom. The molecule has 2 atom stereocenters. The van der Waals surface area contributed by atoms with Crippen LogP contribution >= 0.6 is 0 Å². The summed E-state index contributed by atoms with van der Waals surface area (Å²) in [5.41, 5.74) is 5.19. The van der Waals surface area contributed by atoms with Gasteiger partial charge in [0.25, 0.3) is 0 Å². The molecule has 0 heterocycles. The molecule has 0 bridgehead atoms. The maximum atomic E-state index is 11.1. The van der Waals surface area contributed by atoms with E-state index in [9.17, 15) is 4.79 Å². The number of carboxylic acids is 1. The summed E-state index contributed by atoms with van der Waals surface area (Å²) >= 11 is 0. The minimum atomic E-state index is -0.894. The smallest absolute Gasteiger partial charge is 0.335 e. The van der Waals surface area contributed by atoms with E-state index in [-0.39, 0.29) is 11.8 Å². The third-order valence-electron chi connectivity index (χ3n) is 4.78. The SMILES string of the molecule is Cc1ccc(C(c2ccc(C(=O)O)cc2)C(C)c2ccccc2)cc1. The predicted molar refractivity (Wildman–Crippen MR) is 101 cm³/mol. The quantitative estimate of drug-likeness (QED) is 0.658. The van der Waals surface area contributed by atoms with E-state index in [2.05, 4.69) is 62.4 Å². The summed E-state index contributed by atoms with van der Waals surface area (Å²) in [5, 5.41) is 9.15. The summed E-state index contributed by atoms with van der Waals surface area (Å²) in [6, 6.07) is 26.3. The van der Waals surface area contributed by atoms with Crippen LogP contribution < -0.4 is 0 Å². The average molecular weight is 330 g/mol. The summed E-state index contributed by atoms with van der Waals surface area (Å²) < 4.78 is 0. The van der Waals surface area contributed by atoms with Crippen molar-refractivity contribution in [2.75, 3.05) is 0 Å². The molecule has 0 spiro atoms. The molecular weight excluding hydrogens is 308 g/mol. The molecule has 0 saturated heterocycles. The number of rotatable bonds is 5. The van der Waals surface area contributed by atoms with Crippen molar-refractivity contribution in [3.05, 3.63) is 107 Å². The van der Waals surface area contributed by atoms with Gasteiger partial charge in [-0.05, 0) is 41.7 Å². The molecule has 0 aliphatic carbocycles. The highest BCUT2D eigenvalue weighted by atomic mass is 16.4. The predicted octanol–water partition coefficient (Wildman–Crippen LogP) is 5.63. The van der Waals surface area contributed by atoms with Gasteiger partial charge in [0.05, 0.1) is 5.56 Å². The lowest BCUT2D eigenvalue weighted by molar-refractivity contribution is 0.0697. The molecule has 3 aromatic carbocycles. The van der Waals surface area contributed by atoms with Gasteiger partial charge in [0, 0.05) is 5.92 Å². The Kier molecular flexibility index (Phi) is 4.99. The molecule has 25 heavy (non-hydrogen) atoms. The van der Waals surface area contributed by atoms with E-state index in [0.717, 1.165) is 5.56 Å². The van der Waals surface area contributed by atoms with Gasteiger partial charge in [0.2, 0.25) is 0 Å². The highest BCUT2D eigenvalue weighted by Gasteiger charge is 2.23. The van der Waals surface area contributed by atoms with Crippen LogP contribution in [0.5, 0.6) is 0 Å². The van der Waals surface area contributed by atoms with Crippen molar-refractivity contribution < 1.29 is 9.90 Å². The molecule has 0 aromatic heterocycles. The molecule has 0 saturated carbocycles. The van der Waals surface area contributed by atoms with Crippen LogP contribution in [-0.4, -0.2) is 11.1 Å². The fraction of sp³-hybridized carbons (Fsp3) is 0.174. The van der Waals surface area contributed by atoms with E-state index in [1.54, 1.807) is 12.1 Å². The van der Waals surface area contributed by atoms with Gasteiger partial charge in [-0.25, -0.2) is 4.79 Å². The molecule has 2 heteroatoms. The fourth-order valence-electron chi connectivity index (χ4n) is 3.33. The largest absolute Gasteiger partial charge is 0.478 e. The van der Waals surface area contributed by atoms with E-state index in [0.29, 0.717) is 5.56 Å². The standard InChI is InChI=1S/C23H22O2/c1-16-8-10-19(11-9-16)22(17(2)18-6-4-3-5-7-18)20-12-14-21(15-13-20)23(24)25/h3-15,17,22H,1-2H3,(H,24,25). The number of aromatic carboxylic acids is 1. The molecule has 0 aliphatic heterocycles. The summed E-state index contributed by atoms with van der Waals surface area (Å²) in [5.74, 6) is -0.444. The molecule has 0 amide bonds. The number of aryl methyl sites for hydroxylation is 1. The number of hydrogen-bond donors (Lipinski definition) is 1. The maximum absolute atomic E-state index is 11.1. The van der Waals surface area contributed by atoms with Crippen LogP contribution in [0.1, 0.15) is 51.4 Å². The molecule has 1 N–H and O–H groups in total. The van der Waals surface area contributed by atoms with E-state index >= 15 is 0 Å². The van der Waals surface area contributed by atoms with Gasteiger partial charge in [0.1, 0.15) is 0 Å². The Hall–Kier alpha value is -2.87. The van der Waals surface area contributed by atoms with E-state index in [1.165, 1.54) is 16.7 Å². The van der Waals surface area contributed by atoms with Crippen LogP contribution in [0.3, 0.4) is 0 Å². The van der Waals surface area contributed by atoms with E-state index < -0.39 is 5.97 Å². The lowest BCUT2D eigenvalue weighted by Crippen LogP contribution is -2.11. The Morgan fingerprint density at radius 2 is 1.28 bits per heavy atom. The Labute approximate surface area is 148 Å². The zero-order chi connectivity index (χ0) is 17.8. The summed E-state index contributed by atoms with van der Waals surface area (Å²) in [4.78, 5) is 11.1. The number of carboxylic acid groups (broad SMARTS) is 1. The Bertz CT molecular complexity index is 834. The molecular formula is C23H22O2. The summed E-state index contributed by atoms with van der Waals surface area (Å²) in [7, 11) is 0. The van der Waals surface area contributed by atoms with Crippen molar-refractivity contribution in [2.24, 2.45) is 0 Å². The number of hydrogen-bond acceptors (Lipinski definition) is 1. The van der Waals surface area contributed by atoms with Crippen LogP contribution in [0.2, 0.25) is 0 Å². The Morgan fingerprint density at radius 3 is 1.80 bits per heavy atom. The van der Waals surface area contributed by atoms with Gasteiger partial charge < -0.3 is 5.11 Å². The topological polar surface area (TPSA) is 37.3 Å². The van der Waals surface area contributed by atoms with Gasteiger partial charge in [-0.15, -0.1) is 0 Å². The van der Waals surface area contributed by atoms with E-state index in [4.69, 9.17) is 5.11 Å². The third kappa shape index (κ3) is 3.80. The molecule has 126 valence electrons. The van der Waals surface area contributed by atoms with Gasteiger partial charge in [-0.2, -0.15) is 0 Å². The lowest BCUT2D eigenvalue weighted by Gasteiger charge is -2.26. The molecule has 0 fully saturated rings. The van der Waals surface area contributed by atoms with Crippen LogP contribution in [-0.2, 0) is 0 Å². The van der Waals surface area contributed by atoms with E-state index in [1.807, 2.05) is 18.2 Å². The Balaban J connectivity index is 2.05. The second kappa shape index (κ2) is 7.35. The highest BCUT2D eigenvalue weighted by molar-refractivity contribution is 5.87. The van der Waals surface area contributed by atoms with Gasteiger partial charge >= 0.3 is 5.97 Å². The fourth-order valence-corrected chi connectivity index (χ4v) is 3.33. The third-order valence-corrected chi connectivity index (χ3v) is 4.78.